The van der Waals surface area contributed by atoms with E-state index in [9.17, 15) is 9.90 Å². The lowest BCUT2D eigenvalue weighted by Crippen LogP contribution is -2.04. The van der Waals surface area contributed by atoms with E-state index in [1.165, 1.54) is 7.11 Å². The maximum atomic E-state index is 12.0. The molecule has 188 valence electrons. The summed E-state index contributed by atoms with van der Waals surface area (Å²) in [5, 5.41) is 11.7. The van der Waals surface area contributed by atoms with Gasteiger partial charge in [-0.25, -0.2) is 14.8 Å². The number of nitrogens with zero attached hydrogens (tertiary/aromatic N) is 4. The molecule has 6 rings (SSSR count). The highest BCUT2D eigenvalue weighted by atomic mass is 16.5. The fourth-order valence-electron chi connectivity index (χ4n) is 4.70. The number of benzene rings is 3. The number of rotatable bonds is 7. The molecule has 0 radical (unpaired) electrons. The number of esters is 1. The molecule has 0 saturated carbocycles. The number of imidazole rings is 1. The molecule has 0 fully saturated rings. The zero-order valence-corrected chi connectivity index (χ0v) is 20.7. The monoisotopic (exact) mass is 503 g/mol. The molecule has 3 heterocycles. The number of carbonyl (C=O) groups is 1. The van der Waals surface area contributed by atoms with Crippen LogP contribution in [0.2, 0.25) is 0 Å². The maximum Gasteiger partial charge on any atom is 0.337 e. The standard InChI is InChI=1S/C30H25N5O3/c1-38-30(37)21-9-11-23-24(17-21)33-29(36)27(23)28(20-7-3-2-4-8-20)32-22-10-12-26-25(18-22)31-19-35(26)16-15-34-13-5-6-14-34/h2-14,17-19,33,36H,15-16H2,1H3. The van der Waals surface area contributed by atoms with Gasteiger partial charge in [-0.1, -0.05) is 36.4 Å². The van der Waals surface area contributed by atoms with E-state index in [0.29, 0.717) is 28.0 Å². The molecule has 3 aromatic carbocycles. The first-order valence-corrected chi connectivity index (χ1v) is 12.2. The number of hydrogen-bond donors (Lipinski definition) is 2. The smallest absolute Gasteiger partial charge is 0.337 e. The zero-order valence-electron chi connectivity index (χ0n) is 20.7. The molecule has 0 aliphatic heterocycles. The lowest BCUT2D eigenvalue weighted by atomic mass is 10.00. The van der Waals surface area contributed by atoms with Crippen LogP contribution >= 0.6 is 0 Å². The molecule has 0 saturated heterocycles. The first kappa shape index (κ1) is 23.3. The van der Waals surface area contributed by atoms with Crippen LogP contribution in [0.3, 0.4) is 0 Å². The minimum Gasteiger partial charge on any atom is -0.494 e. The van der Waals surface area contributed by atoms with Crippen LogP contribution in [0.15, 0.2) is 103 Å². The summed E-state index contributed by atoms with van der Waals surface area (Å²) in [6.45, 7) is 1.66. The van der Waals surface area contributed by atoms with Crippen molar-refractivity contribution in [1.82, 2.24) is 19.1 Å². The van der Waals surface area contributed by atoms with Gasteiger partial charge in [-0.15, -0.1) is 0 Å². The Labute approximate surface area is 218 Å². The first-order valence-electron chi connectivity index (χ1n) is 12.2. The number of aromatic nitrogens is 4. The van der Waals surface area contributed by atoms with E-state index >= 15 is 0 Å². The van der Waals surface area contributed by atoms with Gasteiger partial charge in [0.05, 0.1) is 47.0 Å². The summed E-state index contributed by atoms with van der Waals surface area (Å²) in [4.78, 5) is 24.6. The van der Waals surface area contributed by atoms with Gasteiger partial charge < -0.3 is 24.0 Å². The lowest BCUT2D eigenvalue weighted by molar-refractivity contribution is 0.0601. The van der Waals surface area contributed by atoms with Crippen LogP contribution in [0.5, 0.6) is 5.88 Å². The van der Waals surface area contributed by atoms with Crippen molar-refractivity contribution in [3.05, 3.63) is 114 Å². The Morgan fingerprint density at radius 3 is 2.58 bits per heavy atom. The van der Waals surface area contributed by atoms with Crippen molar-refractivity contribution in [3.63, 3.8) is 0 Å². The van der Waals surface area contributed by atoms with Gasteiger partial charge in [0.1, 0.15) is 0 Å². The third-order valence-electron chi connectivity index (χ3n) is 6.59. The molecule has 6 aromatic rings. The van der Waals surface area contributed by atoms with Crippen molar-refractivity contribution in [2.75, 3.05) is 7.11 Å². The lowest BCUT2D eigenvalue weighted by Gasteiger charge is -2.09. The number of carbonyl (C=O) groups excluding carboxylic acids is 1. The molecule has 0 aliphatic rings. The number of fused-ring (bicyclic) bond motifs is 2. The van der Waals surface area contributed by atoms with Gasteiger partial charge in [0.25, 0.3) is 0 Å². The third kappa shape index (κ3) is 4.32. The highest BCUT2D eigenvalue weighted by Gasteiger charge is 2.20. The maximum absolute atomic E-state index is 12.0. The van der Waals surface area contributed by atoms with Crippen molar-refractivity contribution < 1.29 is 14.6 Å². The highest BCUT2D eigenvalue weighted by Crippen LogP contribution is 2.32. The Kier molecular flexibility index (Phi) is 5.97. The number of hydrogen-bond acceptors (Lipinski definition) is 5. The van der Waals surface area contributed by atoms with E-state index in [1.54, 1.807) is 18.2 Å². The summed E-state index contributed by atoms with van der Waals surface area (Å²) in [6.07, 6.45) is 5.95. The predicted octanol–water partition coefficient (Wildman–Crippen LogP) is 5.68. The largest absolute Gasteiger partial charge is 0.494 e. The number of aromatic amines is 1. The van der Waals surface area contributed by atoms with E-state index in [4.69, 9.17) is 9.73 Å². The number of aryl methyl sites for hydroxylation is 2. The summed E-state index contributed by atoms with van der Waals surface area (Å²) in [7, 11) is 1.34. The quantitative estimate of drug-likeness (QED) is 0.216. The molecule has 3 aromatic heterocycles. The van der Waals surface area contributed by atoms with E-state index in [2.05, 4.69) is 19.1 Å². The van der Waals surface area contributed by atoms with Crippen molar-refractivity contribution in [3.8, 4) is 5.88 Å². The summed E-state index contributed by atoms with van der Waals surface area (Å²) in [5.41, 5.74) is 5.60. The molecule has 0 unspecified atom stereocenters. The summed E-state index contributed by atoms with van der Waals surface area (Å²) in [5.74, 6) is -0.472. The molecule has 8 nitrogen and oxygen atoms in total. The summed E-state index contributed by atoms with van der Waals surface area (Å²) >= 11 is 0. The highest BCUT2D eigenvalue weighted by molar-refractivity contribution is 6.22. The molecule has 2 N–H and O–H groups in total. The van der Waals surface area contributed by atoms with Crippen LogP contribution in [0.25, 0.3) is 21.9 Å². The van der Waals surface area contributed by atoms with Crippen LogP contribution in [-0.2, 0) is 17.8 Å². The molecule has 0 atom stereocenters. The molecule has 38 heavy (non-hydrogen) atoms. The average molecular weight is 504 g/mol. The van der Waals surface area contributed by atoms with Crippen LogP contribution in [-0.4, -0.2) is 43.0 Å². The van der Waals surface area contributed by atoms with Gasteiger partial charge >= 0.3 is 5.97 Å². The van der Waals surface area contributed by atoms with Crippen molar-refractivity contribution in [2.24, 2.45) is 4.99 Å². The number of H-pyrrole nitrogens is 1. The number of aliphatic imine (C=N–C) groups is 1. The fourth-order valence-corrected chi connectivity index (χ4v) is 4.70. The molecular formula is C30H25N5O3. The van der Waals surface area contributed by atoms with Crippen molar-refractivity contribution >= 4 is 39.3 Å². The Hall–Kier alpha value is -5.11. The molecule has 8 heteroatoms. The van der Waals surface area contributed by atoms with Crippen LogP contribution < -0.4 is 0 Å². The third-order valence-corrected chi connectivity index (χ3v) is 6.59. The minimum atomic E-state index is -0.444. The first-order chi connectivity index (χ1) is 18.6. The molecular weight excluding hydrogens is 478 g/mol. The van der Waals surface area contributed by atoms with Gasteiger partial charge in [0, 0.05) is 41.9 Å². The van der Waals surface area contributed by atoms with Gasteiger partial charge in [-0.05, 0) is 42.5 Å². The second-order valence-corrected chi connectivity index (χ2v) is 8.96. The van der Waals surface area contributed by atoms with Gasteiger partial charge in [0.15, 0.2) is 5.88 Å². The number of ether oxygens (including phenoxy) is 1. The zero-order chi connectivity index (χ0) is 26.1. The fraction of sp³-hybridized carbons (Fsp3) is 0.100. The Morgan fingerprint density at radius 2 is 1.79 bits per heavy atom. The van der Waals surface area contributed by atoms with Gasteiger partial charge in [-0.3, -0.25) is 0 Å². The Balaban J connectivity index is 1.42. The summed E-state index contributed by atoms with van der Waals surface area (Å²) in [6, 6.07) is 24.8. The molecule has 0 spiro atoms. The van der Waals surface area contributed by atoms with Gasteiger partial charge in [-0.2, -0.15) is 0 Å². The van der Waals surface area contributed by atoms with E-state index < -0.39 is 5.97 Å². The van der Waals surface area contributed by atoms with E-state index in [-0.39, 0.29) is 5.88 Å². The van der Waals surface area contributed by atoms with Crippen LogP contribution in [0.1, 0.15) is 21.5 Å². The Morgan fingerprint density at radius 1 is 0.974 bits per heavy atom. The van der Waals surface area contributed by atoms with Crippen LogP contribution in [0.4, 0.5) is 5.69 Å². The minimum absolute atomic E-state index is 0.0278. The Bertz CT molecular complexity index is 1780. The topological polar surface area (TPSA) is 97.4 Å². The summed E-state index contributed by atoms with van der Waals surface area (Å²) < 4.78 is 9.11. The normalized spacial score (nSPS) is 11.9. The van der Waals surface area contributed by atoms with E-state index in [1.807, 2.05) is 79.4 Å². The molecule has 0 amide bonds. The second kappa shape index (κ2) is 9.74. The van der Waals surface area contributed by atoms with Gasteiger partial charge in [0.2, 0.25) is 0 Å². The number of aromatic hydroxyl groups is 1. The van der Waals surface area contributed by atoms with Crippen molar-refractivity contribution in [1.29, 1.82) is 0 Å². The SMILES string of the molecule is COC(=O)c1ccc2c(C(=Nc3ccc4c(c3)ncn4CCn3cccc3)c3ccccc3)c(O)[nH]c2c1. The molecule has 0 aliphatic carbocycles. The predicted molar refractivity (Wildman–Crippen MR) is 147 cm³/mol. The molecule has 0 bridgehead atoms. The average Bonchev–Trinajstić information content (AvgIpc) is 3.68. The second-order valence-electron chi connectivity index (χ2n) is 8.96. The number of nitrogens with one attached hydrogen (secondary N) is 1. The van der Waals surface area contributed by atoms with Crippen molar-refractivity contribution in [2.45, 2.75) is 13.1 Å². The van der Waals surface area contributed by atoms with Crippen LogP contribution in [0, 0.1) is 0 Å². The number of methoxy groups -OCH3 is 1. The van der Waals surface area contributed by atoms with E-state index in [0.717, 1.165) is 35.1 Å².